The van der Waals surface area contributed by atoms with Crippen LogP contribution in [0, 0.1) is 6.92 Å². The van der Waals surface area contributed by atoms with Crippen LogP contribution in [0.3, 0.4) is 0 Å². The largest absolute Gasteiger partial charge is 0.397 e. The molecule has 6 nitrogen and oxygen atoms in total. The molecule has 1 heterocycles. The maximum atomic E-state index is 12.4. The Balaban J connectivity index is 1.99. The average molecular weight is 326 g/mol. The molecule has 0 aliphatic rings. The van der Waals surface area contributed by atoms with Crippen LogP contribution in [0.1, 0.15) is 18.1 Å². The van der Waals surface area contributed by atoms with Gasteiger partial charge in [-0.25, -0.2) is 0 Å². The molecule has 0 saturated heterocycles. The Bertz CT molecular complexity index is 716. The van der Waals surface area contributed by atoms with Gasteiger partial charge in [0.1, 0.15) is 0 Å². The topological polar surface area (TPSA) is 88.3 Å². The second-order valence-electron chi connectivity index (χ2n) is 5.54. The number of anilines is 2. The number of amides is 2. The van der Waals surface area contributed by atoms with Crippen molar-refractivity contribution in [2.24, 2.45) is 0 Å². The maximum Gasteiger partial charge on any atom is 0.313 e. The molecule has 0 atom stereocenters. The van der Waals surface area contributed by atoms with E-state index in [0.29, 0.717) is 30.9 Å². The smallest absolute Gasteiger partial charge is 0.313 e. The molecule has 6 heteroatoms. The number of carbonyl (C=O) groups is 2. The van der Waals surface area contributed by atoms with Gasteiger partial charge < -0.3 is 16.0 Å². The van der Waals surface area contributed by atoms with Crippen LogP contribution in [0.4, 0.5) is 11.4 Å². The highest BCUT2D eigenvalue weighted by atomic mass is 16.2. The zero-order valence-electron chi connectivity index (χ0n) is 14.0. The van der Waals surface area contributed by atoms with E-state index in [1.165, 1.54) is 4.90 Å². The summed E-state index contributed by atoms with van der Waals surface area (Å²) in [5, 5.41) is 2.60. The predicted molar refractivity (Wildman–Crippen MR) is 94.4 cm³/mol. The molecule has 0 aliphatic heterocycles. The number of nitrogens with one attached hydrogen (secondary N) is 1. The Morgan fingerprint density at radius 3 is 2.58 bits per heavy atom. The third-order valence-corrected chi connectivity index (χ3v) is 3.74. The zero-order chi connectivity index (χ0) is 17.5. The molecule has 2 rings (SSSR count). The van der Waals surface area contributed by atoms with Crippen LogP contribution in [0.15, 0.2) is 42.7 Å². The number of hydrogen-bond donors (Lipinski definition) is 2. The summed E-state index contributed by atoms with van der Waals surface area (Å²) in [5.74, 6) is -1.24. The number of nitrogen functional groups attached to an aromatic ring is 1. The predicted octanol–water partition coefficient (Wildman–Crippen LogP) is 2.00. The van der Waals surface area contributed by atoms with Crippen LogP contribution in [-0.4, -0.2) is 34.8 Å². The first kappa shape index (κ1) is 17.5. The van der Waals surface area contributed by atoms with Gasteiger partial charge in [-0.1, -0.05) is 6.07 Å². The molecule has 1 aromatic heterocycles. The van der Waals surface area contributed by atoms with Crippen molar-refractivity contribution in [3.8, 4) is 0 Å². The number of pyridine rings is 1. The van der Waals surface area contributed by atoms with Crippen LogP contribution in [-0.2, 0) is 16.0 Å². The minimum absolute atomic E-state index is 0.432. The normalized spacial score (nSPS) is 10.2. The monoisotopic (exact) mass is 326 g/mol. The lowest BCUT2D eigenvalue weighted by Crippen LogP contribution is -2.40. The summed E-state index contributed by atoms with van der Waals surface area (Å²) in [4.78, 5) is 30.1. The third kappa shape index (κ3) is 4.55. The van der Waals surface area contributed by atoms with Crippen molar-refractivity contribution in [3.05, 3.63) is 53.9 Å². The summed E-state index contributed by atoms with van der Waals surface area (Å²) >= 11 is 0. The van der Waals surface area contributed by atoms with E-state index < -0.39 is 11.8 Å². The lowest BCUT2D eigenvalue weighted by molar-refractivity contribution is -0.143. The van der Waals surface area contributed by atoms with Gasteiger partial charge in [0, 0.05) is 25.5 Å². The molecule has 126 valence electrons. The fourth-order valence-corrected chi connectivity index (χ4v) is 2.31. The highest BCUT2D eigenvalue weighted by molar-refractivity contribution is 6.39. The van der Waals surface area contributed by atoms with Gasteiger partial charge in [0.25, 0.3) is 0 Å². The molecule has 0 spiro atoms. The number of likely N-dealkylation sites (N-methyl/N-ethyl adjacent to an activating group) is 1. The molecule has 2 amide bonds. The fraction of sp³-hybridized carbons (Fsp3) is 0.278. The number of aromatic nitrogens is 1. The summed E-state index contributed by atoms with van der Waals surface area (Å²) in [6.45, 7) is 4.67. The van der Waals surface area contributed by atoms with Gasteiger partial charge in [0.05, 0.1) is 11.4 Å². The lowest BCUT2D eigenvalue weighted by atomic mass is 10.2. The number of benzene rings is 1. The fourth-order valence-electron chi connectivity index (χ4n) is 2.31. The number of nitrogens with zero attached hydrogens (tertiary/aromatic N) is 2. The molecule has 1 aromatic carbocycles. The van der Waals surface area contributed by atoms with E-state index in [0.717, 1.165) is 11.1 Å². The minimum Gasteiger partial charge on any atom is -0.397 e. The first-order valence-corrected chi connectivity index (χ1v) is 7.86. The quantitative estimate of drug-likeness (QED) is 0.650. The van der Waals surface area contributed by atoms with E-state index in [-0.39, 0.29) is 0 Å². The van der Waals surface area contributed by atoms with Crippen molar-refractivity contribution in [1.82, 2.24) is 9.88 Å². The van der Waals surface area contributed by atoms with E-state index in [1.807, 2.05) is 32.0 Å². The Morgan fingerprint density at radius 1 is 1.21 bits per heavy atom. The SMILES string of the molecule is CCN(CCc1ccncc1)C(=O)C(=O)Nc1cc(C)ccc1N. The van der Waals surface area contributed by atoms with Crippen molar-refractivity contribution in [2.45, 2.75) is 20.3 Å². The van der Waals surface area contributed by atoms with Crippen molar-refractivity contribution >= 4 is 23.2 Å². The van der Waals surface area contributed by atoms with E-state index in [4.69, 9.17) is 5.73 Å². The molecular weight excluding hydrogens is 304 g/mol. The Kier molecular flexibility index (Phi) is 5.89. The molecule has 0 fully saturated rings. The molecule has 0 saturated carbocycles. The molecular formula is C18H22N4O2. The van der Waals surface area contributed by atoms with Gasteiger partial charge in [-0.05, 0) is 55.7 Å². The van der Waals surface area contributed by atoms with E-state index in [1.54, 1.807) is 24.5 Å². The number of hydrogen-bond acceptors (Lipinski definition) is 4. The highest BCUT2D eigenvalue weighted by Gasteiger charge is 2.21. The van der Waals surface area contributed by atoms with Crippen molar-refractivity contribution < 1.29 is 9.59 Å². The number of nitrogens with two attached hydrogens (primary N) is 1. The second kappa shape index (κ2) is 8.10. The third-order valence-electron chi connectivity index (χ3n) is 3.74. The summed E-state index contributed by atoms with van der Waals surface area (Å²) < 4.78 is 0. The molecule has 0 radical (unpaired) electrons. The summed E-state index contributed by atoms with van der Waals surface area (Å²) in [6.07, 6.45) is 4.09. The summed E-state index contributed by atoms with van der Waals surface area (Å²) in [7, 11) is 0. The van der Waals surface area contributed by atoms with Crippen LogP contribution in [0.25, 0.3) is 0 Å². The van der Waals surface area contributed by atoms with Gasteiger partial charge in [-0.2, -0.15) is 0 Å². The number of carbonyl (C=O) groups excluding carboxylic acids is 2. The van der Waals surface area contributed by atoms with Gasteiger partial charge in [0.2, 0.25) is 0 Å². The van der Waals surface area contributed by atoms with E-state index >= 15 is 0 Å². The number of rotatable bonds is 5. The van der Waals surface area contributed by atoms with Crippen LogP contribution < -0.4 is 11.1 Å². The summed E-state index contributed by atoms with van der Waals surface area (Å²) in [6, 6.07) is 9.09. The molecule has 3 N–H and O–H groups in total. The van der Waals surface area contributed by atoms with Crippen molar-refractivity contribution in [3.63, 3.8) is 0 Å². The van der Waals surface area contributed by atoms with Crippen LogP contribution >= 0.6 is 0 Å². The van der Waals surface area contributed by atoms with Crippen molar-refractivity contribution in [2.75, 3.05) is 24.1 Å². The highest BCUT2D eigenvalue weighted by Crippen LogP contribution is 2.19. The zero-order valence-corrected chi connectivity index (χ0v) is 14.0. The standard InChI is InChI=1S/C18H22N4O2/c1-3-22(11-8-14-6-9-20-10-7-14)18(24)17(23)21-16-12-13(2)4-5-15(16)19/h4-7,9-10,12H,3,8,11,19H2,1-2H3,(H,21,23). The molecule has 0 bridgehead atoms. The molecule has 2 aromatic rings. The van der Waals surface area contributed by atoms with Gasteiger partial charge in [0.15, 0.2) is 0 Å². The molecule has 24 heavy (non-hydrogen) atoms. The van der Waals surface area contributed by atoms with Crippen molar-refractivity contribution in [1.29, 1.82) is 0 Å². The Labute approximate surface area is 141 Å². The van der Waals surface area contributed by atoms with E-state index in [9.17, 15) is 9.59 Å². The first-order valence-electron chi connectivity index (χ1n) is 7.86. The van der Waals surface area contributed by atoms with Gasteiger partial charge in [-0.15, -0.1) is 0 Å². The Morgan fingerprint density at radius 2 is 1.92 bits per heavy atom. The summed E-state index contributed by atoms with van der Waals surface area (Å²) in [5.41, 5.74) is 8.75. The number of aryl methyl sites for hydroxylation is 1. The van der Waals surface area contributed by atoms with Gasteiger partial charge >= 0.3 is 11.8 Å². The van der Waals surface area contributed by atoms with E-state index in [2.05, 4.69) is 10.3 Å². The minimum atomic E-state index is -0.677. The second-order valence-corrected chi connectivity index (χ2v) is 5.54. The lowest BCUT2D eigenvalue weighted by Gasteiger charge is -2.20. The Hall–Kier alpha value is -2.89. The van der Waals surface area contributed by atoms with Crippen LogP contribution in [0.2, 0.25) is 0 Å². The van der Waals surface area contributed by atoms with Crippen LogP contribution in [0.5, 0.6) is 0 Å². The maximum absolute atomic E-state index is 12.4. The van der Waals surface area contributed by atoms with Gasteiger partial charge in [-0.3, -0.25) is 14.6 Å². The average Bonchev–Trinajstić information content (AvgIpc) is 2.59. The molecule has 0 unspecified atom stereocenters. The first-order chi connectivity index (χ1) is 11.5. The molecule has 0 aliphatic carbocycles.